The first-order chi connectivity index (χ1) is 6.29. The van der Waals surface area contributed by atoms with Crippen molar-refractivity contribution >= 4 is 43.8 Å². The van der Waals surface area contributed by atoms with Crippen molar-refractivity contribution in [3.8, 4) is 0 Å². The molecule has 1 aromatic carbocycles. The first kappa shape index (κ1) is 9.33. The molecule has 0 aliphatic carbocycles. The van der Waals surface area contributed by atoms with Gasteiger partial charge in [-0.2, -0.15) is 0 Å². The van der Waals surface area contributed by atoms with Crippen LogP contribution in [-0.2, 0) is 0 Å². The van der Waals surface area contributed by atoms with Gasteiger partial charge in [-0.15, -0.1) is 0 Å². The second-order valence-electron chi connectivity index (χ2n) is 2.54. The van der Waals surface area contributed by atoms with Gasteiger partial charge in [-0.05, 0) is 33.7 Å². The molecular formula is C8H8N2S3. The molecule has 2 N–H and O–H groups in total. The van der Waals surface area contributed by atoms with E-state index in [-0.39, 0.29) is 5.50 Å². The monoisotopic (exact) mass is 228 g/mol. The smallest absolute Gasteiger partial charge is 0.153 e. The first-order valence-electron chi connectivity index (χ1n) is 3.76. The lowest BCUT2D eigenvalue weighted by molar-refractivity contribution is 0.968. The van der Waals surface area contributed by atoms with Crippen LogP contribution in [0.3, 0.4) is 0 Å². The molecular weight excluding hydrogens is 220 g/mol. The van der Waals surface area contributed by atoms with E-state index < -0.39 is 0 Å². The fraction of sp³-hybridized carbons (Fsp3) is 0.125. The lowest BCUT2D eigenvalue weighted by Crippen LogP contribution is -2.36. The summed E-state index contributed by atoms with van der Waals surface area (Å²) < 4.78 is 0.837. The van der Waals surface area contributed by atoms with Crippen LogP contribution >= 0.6 is 33.8 Å². The quantitative estimate of drug-likeness (QED) is 0.589. The highest BCUT2D eigenvalue weighted by molar-refractivity contribution is 8.84. The lowest BCUT2D eigenvalue weighted by Gasteiger charge is -2.20. The third-order valence-corrected chi connectivity index (χ3v) is 4.66. The zero-order chi connectivity index (χ0) is 9.26. The number of benzene rings is 1. The second kappa shape index (κ2) is 3.88. The zero-order valence-corrected chi connectivity index (χ0v) is 9.16. The third kappa shape index (κ3) is 1.83. The molecule has 1 unspecified atom stereocenters. The van der Waals surface area contributed by atoms with Crippen LogP contribution in [0.1, 0.15) is 0 Å². The Morgan fingerprint density at radius 1 is 1.31 bits per heavy atom. The van der Waals surface area contributed by atoms with Gasteiger partial charge in [-0.3, -0.25) is 0 Å². The van der Waals surface area contributed by atoms with Crippen LogP contribution < -0.4 is 10.6 Å². The summed E-state index contributed by atoms with van der Waals surface area (Å²) in [5, 5.41) is 0. The van der Waals surface area contributed by atoms with Crippen molar-refractivity contribution in [3.63, 3.8) is 0 Å². The van der Waals surface area contributed by atoms with Gasteiger partial charge in [0.25, 0.3) is 0 Å². The normalized spacial score (nSPS) is 22.4. The molecule has 1 aromatic rings. The number of hydrogen-bond donors (Lipinski definition) is 1. The van der Waals surface area contributed by atoms with E-state index in [0.717, 1.165) is 10.0 Å². The zero-order valence-electron chi connectivity index (χ0n) is 6.71. The Kier molecular flexibility index (Phi) is 2.78. The standard InChI is InChI=1S/C8H8N2S3/c9-7-10(8(11)13-12-7)6-4-2-1-3-5-6/h1-5,7H,9H2. The third-order valence-electron chi connectivity index (χ3n) is 1.70. The molecule has 1 fully saturated rings. The number of para-hydroxylation sites is 1. The van der Waals surface area contributed by atoms with Crippen LogP contribution in [0.4, 0.5) is 5.69 Å². The number of anilines is 1. The first-order valence-corrected chi connectivity index (χ1v) is 6.38. The van der Waals surface area contributed by atoms with Crippen LogP contribution in [-0.4, -0.2) is 9.82 Å². The molecule has 2 nitrogen and oxygen atoms in total. The fourth-order valence-corrected chi connectivity index (χ4v) is 3.66. The summed E-state index contributed by atoms with van der Waals surface area (Å²) in [5.41, 5.74) is 6.89. The molecule has 1 saturated heterocycles. The van der Waals surface area contributed by atoms with Gasteiger partial charge in [0.2, 0.25) is 0 Å². The Bertz CT molecular complexity index is 314. The van der Waals surface area contributed by atoms with Crippen molar-refractivity contribution in [2.24, 2.45) is 5.73 Å². The SMILES string of the molecule is NC1SSC(=S)N1c1ccccc1. The summed E-state index contributed by atoms with van der Waals surface area (Å²) >= 11 is 5.19. The largest absolute Gasteiger partial charge is 0.302 e. The predicted octanol–water partition coefficient (Wildman–Crippen LogP) is 2.42. The van der Waals surface area contributed by atoms with E-state index in [1.165, 1.54) is 0 Å². The molecule has 0 saturated carbocycles. The Labute approximate surface area is 90.3 Å². The van der Waals surface area contributed by atoms with Gasteiger partial charge in [0.05, 0.1) is 0 Å². The van der Waals surface area contributed by atoms with Gasteiger partial charge in [-0.25, -0.2) is 0 Å². The Morgan fingerprint density at radius 2 is 2.00 bits per heavy atom. The summed E-state index contributed by atoms with van der Waals surface area (Å²) in [5.74, 6) is 0. The number of thiocarbonyl (C=S) groups is 1. The van der Waals surface area contributed by atoms with E-state index in [4.69, 9.17) is 18.0 Å². The molecule has 0 bridgehead atoms. The van der Waals surface area contributed by atoms with Crippen LogP contribution in [0, 0.1) is 0 Å². The highest BCUT2D eigenvalue weighted by Crippen LogP contribution is 2.40. The van der Waals surface area contributed by atoms with Crippen molar-refractivity contribution in [2.45, 2.75) is 5.50 Å². The Hall–Kier alpha value is -0.230. The van der Waals surface area contributed by atoms with Crippen LogP contribution in [0.5, 0.6) is 0 Å². The Morgan fingerprint density at radius 3 is 2.54 bits per heavy atom. The number of rotatable bonds is 1. The summed E-state index contributed by atoms with van der Waals surface area (Å²) in [7, 11) is 3.14. The molecule has 5 heteroatoms. The van der Waals surface area contributed by atoms with Crippen LogP contribution in [0.25, 0.3) is 0 Å². The molecule has 1 aliphatic rings. The maximum Gasteiger partial charge on any atom is 0.153 e. The van der Waals surface area contributed by atoms with E-state index in [1.807, 2.05) is 35.2 Å². The van der Waals surface area contributed by atoms with Gasteiger partial charge in [-0.1, -0.05) is 30.4 Å². The van der Waals surface area contributed by atoms with Crippen molar-refractivity contribution < 1.29 is 0 Å². The average Bonchev–Trinajstić information content (AvgIpc) is 2.48. The number of nitrogens with two attached hydrogens (primary N) is 1. The number of hydrogen-bond acceptors (Lipinski definition) is 4. The highest BCUT2D eigenvalue weighted by Gasteiger charge is 2.27. The maximum absolute atomic E-state index is 5.88. The van der Waals surface area contributed by atoms with Gasteiger partial charge in [0, 0.05) is 5.69 Å². The van der Waals surface area contributed by atoms with Crippen molar-refractivity contribution in [1.29, 1.82) is 0 Å². The van der Waals surface area contributed by atoms with Crippen LogP contribution in [0.15, 0.2) is 30.3 Å². The molecule has 0 radical (unpaired) electrons. The van der Waals surface area contributed by atoms with Gasteiger partial charge >= 0.3 is 0 Å². The average molecular weight is 228 g/mol. The summed E-state index contributed by atoms with van der Waals surface area (Å²) in [4.78, 5) is 1.96. The van der Waals surface area contributed by atoms with E-state index in [9.17, 15) is 0 Å². The van der Waals surface area contributed by atoms with E-state index >= 15 is 0 Å². The molecule has 1 aliphatic heterocycles. The summed E-state index contributed by atoms with van der Waals surface area (Å²) in [6.07, 6.45) is 0. The maximum atomic E-state index is 5.88. The van der Waals surface area contributed by atoms with Crippen molar-refractivity contribution in [1.82, 2.24) is 0 Å². The minimum atomic E-state index is -0.0556. The predicted molar refractivity (Wildman–Crippen MR) is 64.7 cm³/mol. The molecule has 0 amide bonds. The van der Waals surface area contributed by atoms with Crippen molar-refractivity contribution in [2.75, 3.05) is 4.90 Å². The highest BCUT2D eigenvalue weighted by atomic mass is 33.1. The van der Waals surface area contributed by atoms with E-state index in [2.05, 4.69) is 0 Å². The minimum Gasteiger partial charge on any atom is -0.302 e. The molecule has 68 valence electrons. The lowest BCUT2D eigenvalue weighted by atomic mass is 10.3. The molecule has 0 spiro atoms. The topological polar surface area (TPSA) is 29.3 Å². The van der Waals surface area contributed by atoms with Gasteiger partial charge in [0.1, 0.15) is 5.50 Å². The Balaban J connectivity index is 2.30. The molecule has 0 aromatic heterocycles. The van der Waals surface area contributed by atoms with E-state index in [0.29, 0.717) is 0 Å². The second-order valence-corrected chi connectivity index (χ2v) is 5.49. The molecule has 2 rings (SSSR count). The van der Waals surface area contributed by atoms with Crippen LogP contribution in [0.2, 0.25) is 0 Å². The fourth-order valence-electron chi connectivity index (χ4n) is 1.12. The van der Waals surface area contributed by atoms with Gasteiger partial charge in [0.15, 0.2) is 4.32 Å². The van der Waals surface area contributed by atoms with Crippen molar-refractivity contribution in [3.05, 3.63) is 30.3 Å². The molecule has 13 heavy (non-hydrogen) atoms. The summed E-state index contributed by atoms with van der Waals surface area (Å²) in [6, 6.07) is 9.97. The minimum absolute atomic E-state index is 0.0556. The number of nitrogens with zero attached hydrogens (tertiary/aromatic N) is 1. The summed E-state index contributed by atoms with van der Waals surface area (Å²) in [6.45, 7) is 0. The molecule has 1 heterocycles. The molecule has 1 atom stereocenters. The van der Waals surface area contributed by atoms with E-state index in [1.54, 1.807) is 21.6 Å². The van der Waals surface area contributed by atoms with Gasteiger partial charge < -0.3 is 10.6 Å².